The molecule has 1 saturated heterocycles. The van der Waals surface area contributed by atoms with Crippen LogP contribution in [0, 0.1) is 0 Å². The molecule has 1 heterocycles. The zero-order chi connectivity index (χ0) is 9.68. The highest BCUT2D eigenvalue weighted by atomic mass is 15.3. The molecule has 1 aliphatic rings. The lowest BCUT2D eigenvalue weighted by molar-refractivity contribution is 0.183. The van der Waals surface area contributed by atoms with Crippen molar-refractivity contribution in [2.45, 2.75) is 32.5 Å². The summed E-state index contributed by atoms with van der Waals surface area (Å²) in [5.74, 6) is 0. The second-order valence-electron chi connectivity index (χ2n) is 3.64. The molecule has 1 aliphatic heterocycles. The van der Waals surface area contributed by atoms with Crippen molar-refractivity contribution in [3.63, 3.8) is 0 Å². The van der Waals surface area contributed by atoms with Crippen molar-refractivity contribution in [2.24, 2.45) is 5.73 Å². The third kappa shape index (κ3) is 3.10. The van der Waals surface area contributed by atoms with E-state index in [2.05, 4.69) is 23.2 Å². The molecule has 0 saturated carbocycles. The smallest absolute Gasteiger partial charge is 0.0766 e. The van der Waals surface area contributed by atoms with Gasteiger partial charge in [-0.05, 0) is 26.8 Å². The van der Waals surface area contributed by atoms with Gasteiger partial charge in [-0.25, -0.2) is 0 Å². The van der Waals surface area contributed by atoms with Crippen LogP contribution in [0.25, 0.3) is 0 Å². The summed E-state index contributed by atoms with van der Waals surface area (Å²) in [6.07, 6.45) is 5.35. The van der Waals surface area contributed by atoms with Gasteiger partial charge in [-0.1, -0.05) is 12.2 Å². The third-order valence-electron chi connectivity index (χ3n) is 2.62. The number of nitrogens with one attached hydrogen (secondary N) is 1. The first-order chi connectivity index (χ1) is 6.25. The van der Waals surface area contributed by atoms with Crippen LogP contribution >= 0.6 is 0 Å². The summed E-state index contributed by atoms with van der Waals surface area (Å²) in [6.45, 7) is 7.47. The maximum absolute atomic E-state index is 6.03. The first-order valence-electron chi connectivity index (χ1n) is 5.10. The molecular formula is C10H21N3. The lowest BCUT2D eigenvalue weighted by Crippen LogP contribution is -2.46. The summed E-state index contributed by atoms with van der Waals surface area (Å²) in [7, 11) is 0. The van der Waals surface area contributed by atoms with Gasteiger partial charge in [0.1, 0.15) is 0 Å². The Hall–Kier alpha value is -0.380. The van der Waals surface area contributed by atoms with E-state index in [0.717, 1.165) is 19.6 Å². The summed E-state index contributed by atoms with van der Waals surface area (Å²) in [4.78, 5) is 2.35. The summed E-state index contributed by atoms with van der Waals surface area (Å²) in [6, 6.07) is 0.584. The van der Waals surface area contributed by atoms with E-state index in [0.29, 0.717) is 6.04 Å². The minimum absolute atomic E-state index is 0.0832. The molecule has 3 heteroatoms. The summed E-state index contributed by atoms with van der Waals surface area (Å²) in [5.41, 5.74) is 6.03. The molecule has 76 valence electrons. The fourth-order valence-electron chi connectivity index (χ4n) is 1.78. The van der Waals surface area contributed by atoms with Crippen LogP contribution in [0.3, 0.4) is 0 Å². The van der Waals surface area contributed by atoms with Gasteiger partial charge in [0.2, 0.25) is 0 Å². The standard InChI is InChI=1S/C10H21N3/c1-3-4-10(11)13-8-7-12-6-5-9(13)2/h3-4,9-10,12H,5-8,11H2,1-2H3. The number of allylic oxidation sites excluding steroid dienone is 1. The van der Waals surface area contributed by atoms with Crippen molar-refractivity contribution in [2.75, 3.05) is 19.6 Å². The quantitative estimate of drug-likeness (QED) is 0.614. The van der Waals surface area contributed by atoms with Crippen molar-refractivity contribution >= 4 is 0 Å². The molecule has 0 amide bonds. The summed E-state index contributed by atoms with van der Waals surface area (Å²) < 4.78 is 0. The first kappa shape index (κ1) is 10.7. The van der Waals surface area contributed by atoms with E-state index < -0.39 is 0 Å². The van der Waals surface area contributed by atoms with E-state index in [9.17, 15) is 0 Å². The fourth-order valence-corrected chi connectivity index (χ4v) is 1.78. The van der Waals surface area contributed by atoms with E-state index in [1.165, 1.54) is 6.42 Å². The molecular weight excluding hydrogens is 162 g/mol. The highest BCUT2D eigenvalue weighted by Crippen LogP contribution is 2.08. The van der Waals surface area contributed by atoms with Gasteiger partial charge in [0, 0.05) is 19.1 Å². The normalized spacial score (nSPS) is 29.0. The molecule has 3 nitrogen and oxygen atoms in total. The number of hydrogen-bond donors (Lipinski definition) is 2. The average molecular weight is 183 g/mol. The van der Waals surface area contributed by atoms with Gasteiger partial charge in [-0.2, -0.15) is 0 Å². The van der Waals surface area contributed by atoms with E-state index >= 15 is 0 Å². The minimum atomic E-state index is 0.0832. The van der Waals surface area contributed by atoms with E-state index in [-0.39, 0.29) is 6.17 Å². The molecule has 1 rings (SSSR count). The SMILES string of the molecule is CC=CC(N)N1CCNCCC1C. The Balaban J connectivity index is 2.53. The van der Waals surface area contributed by atoms with Gasteiger partial charge in [0.25, 0.3) is 0 Å². The molecule has 0 spiro atoms. The van der Waals surface area contributed by atoms with Crippen molar-refractivity contribution in [3.8, 4) is 0 Å². The maximum Gasteiger partial charge on any atom is 0.0766 e. The highest BCUT2D eigenvalue weighted by molar-refractivity contribution is 4.91. The van der Waals surface area contributed by atoms with Crippen LogP contribution in [0.4, 0.5) is 0 Å². The predicted molar refractivity (Wildman–Crippen MR) is 56.4 cm³/mol. The second kappa shape index (κ2) is 5.37. The zero-order valence-electron chi connectivity index (χ0n) is 8.66. The Bertz CT molecular complexity index is 168. The molecule has 2 atom stereocenters. The Morgan fingerprint density at radius 2 is 2.31 bits per heavy atom. The molecule has 0 aromatic rings. The summed E-state index contributed by atoms with van der Waals surface area (Å²) >= 11 is 0. The monoisotopic (exact) mass is 183 g/mol. The maximum atomic E-state index is 6.03. The van der Waals surface area contributed by atoms with Gasteiger partial charge in [-0.3, -0.25) is 4.90 Å². The van der Waals surface area contributed by atoms with Crippen LogP contribution < -0.4 is 11.1 Å². The highest BCUT2D eigenvalue weighted by Gasteiger charge is 2.19. The topological polar surface area (TPSA) is 41.3 Å². The molecule has 0 aromatic carbocycles. The lowest BCUT2D eigenvalue weighted by atomic mass is 10.2. The Kier molecular flexibility index (Phi) is 4.42. The molecule has 1 fully saturated rings. The largest absolute Gasteiger partial charge is 0.315 e. The molecule has 0 radical (unpaired) electrons. The van der Waals surface area contributed by atoms with Gasteiger partial charge in [0.05, 0.1) is 6.17 Å². The second-order valence-corrected chi connectivity index (χ2v) is 3.64. The molecule has 0 aromatic heterocycles. The van der Waals surface area contributed by atoms with Gasteiger partial charge in [0.15, 0.2) is 0 Å². The molecule has 0 aliphatic carbocycles. The van der Waals surface area contributed by atoms with E-state index in [4.69, 9.17) is 5.73 Å². The molecule has 13 heavy (non-hydrogen) atoms. The minimum Gasteiger partial charge on any atom is -0.315 e. The Morgan fingerprint density at radius 3 is 3.00 bits per heavy atom. The molecule has 2 unspecified atom stereocenters. The average Bonchev–Trinajstić information content (AvgIpc) is 2.30. The van der Waals surface area contributed by atoms with Crippen molar-refractivity contribution in [3.05, 3.63) is 12.2 Å². The number of nitrogens with two attached hydrogens (primary N) is 1. The number of rotatable bonds is 2. The van der Waals surface area contributed by atoms with E-state index in [1.807, 2.05) is 13.0 Å². The fraction of sp³-hybridized carbons (Fsp3) is 0.800. The van der Waals surface area contributed by atoms with Crippen LogP contribution in [0.2, 0.25) is 0 Å². The Labute approximate surface area is 81.0 Å². The van der Waals surface area contributed by atoms with Gasteiger partial charge < -0.3 is 11.1 Å². The zero-order valence-corrected chi connectivity index (χ0v) is 8.66. The molecule has 3 N–H and O–H groups in total. The van der Waals surface area contributed by atoms with Crippen molar-refractivity contribution in [1.29, 1.82) is 0 Å². The predicted octanol–water partition coefficient (Wildman–Crippen LogP) is 0.531. The van der Waals surface area contributed by atoms with E-state index in [1.54, 1.807) is 0 Å². The number of hydrogen-bond acceptors (Lipinski definition) is 3. The van der Waals surface area contributed by atoms with Gasteiger partial charge >= 0.3 is 0 Å². The van der Waals surface area contributed by atoms with Crippen LogP contribution in [0.5, 0.6) is 0 Å². The van der Waals surface area contributed by atoms with Crippen LogP contribution in [0.1, 0.15) is 20.3 Å². The van der Waals surface area contributed by atoms with Gasteiger partial charge in [-0.15, -0.1) is 0 Å². The third-order valence-corrected chi connectivity index (χ3v) is 2.62. The first-order valence-corrected chi connectivity index (χ1v) is 5.10. The molecule has 0 bridgehead atoms. The van der Waals surface area contributed by atoms with Crippen molar-refractivity contribution in [1.82, 2.24) is 10.2 Å². The van der Waals surface area contributed by atoms with Crippen LogP contribution in [0.15, 0.2) is 12.2 Å². The van der Waals surface area contributed by atoms with Crippen LogP contribution in [-0.2, 0) is 0 Å². The van der Waals surface area contributed by atoms with Crippen molar-refractivity contribution < 1.29 is 0 Å². The Morgan fingerprint density at radius 1 is 1.54 bits per heavy atom. The lowest BCUT2D eigenvalue weighted by Gasteiger charge is -2.30. The number of nitrogens with zero attached hydrogens (tertiary/aromatic N) is 1. The van der Waals surface area contributed by atoms with Crippen LogP contribution in [-0.4, -0.2) is 36.7 Å². The summed E-state index contributed by atoms with van der Waals surface area (Å²) in [5, 5.41) is 3.38.